The average molecular weight is 358 g/mol. The van der Waals surface area contributed by atoms with Crippen LogP contribution in [0.2, 0.25) is 0 Å². The maximum atomic E-state index is 13.4. The molecule has 0 spiro atoms. The van der Waals surface area contributed by atoms with Gasteiger partial charge in [0.2, 0.25) is 0 Å². The van der Waals surface area contributed by atoms with Crippen molar-refractivity contribution < 1.29 is 23.5 Å². The van der Waals surface area contributed by atoms with Gasteiger partial charge >= 0.3 is 0 Å². The van der Waals surface area contributed by atoms with E-state index in [1.165, 1.54) is 0 Å². The van der Waals surface area contributed by atoms with Crippen molar-refractivity contribution in [3.05, 3.63) is 70.4 Å². The number of anilines is 1. The zero-order valence-electron chi connectivity index (χ0n) is 14.1. The third kappa shape index (κ3) is 3.28. The van der Waals surface area contributed by atoms with Crippen molar-refractivity contribution in [3.63, 3.8) is 0 Å². The number of nitrogens with zero attached hydrogens (tertiary/aromatic N) is 1. The van der Waals surface area contributed by atoms with E-state index in [0.29, 0.717) is 0 Å². The number of hydrogen-bond donors (Lipinski definition) is 2. The SMILES string of the molecule is Cc1ccc(CN2C(=O)C=C(Nc3cc(F)c(O)c(F)c3)C2=O)cc1C. The third-order valence-corrected chi connectivity index (χ3v) is 4.22. The number of phenolic OH excluding ortho intramolecular Hbond substituents is 1. The number of aromatic hydroxyl groups is 1. The lowest BCUT2D eigenvalue weighted by Gasteiger charge is -2.16. The van der Waals surface area contributed by atoms with Crippen LogP contribution >= 0.6 is 0 Å². The molecule has 0 fully saturated rings. The summed E-state index contributed by atoms with van der Waals surface area (Å²) in [6.45, 7) is 4.00. The topological polar surface area (TPSA) is 69.6 Å². The molecule has 0 aromatic heterocycles. The molecule has 26 heavy (non-hydrogen) atoms. The summed E-state index contributed by atoms with van der Waals surface area (Å²) in [7, 11) is 0. The third-order valence-electron chi connectivity index (χ3n) is 4.22. The highest BCUT2D eigenvalue weighted by Crippen LogP contribution is 2.26. The first-order valence-electron chi connectivity index (χ1n) is 7.85. The van der Waals surface area contributed by atoms with Crippen LogP contribution in [0.5, 0.6) is 5.75 Å². The number of amides is 2. The van der Waals surface area contributed by atoms with Crippen LogP contribution in [0.1, 0.15) is 16.7 Å². The Balaban J connectivity index is 1.77. The molecular formula is C19H16F2N2O3. The summed E-state index contributed by atoms with van der Waals surface area (Å²) in [5, 5.41) is 11.6. The van der Waals surface area contributed by atoms with Gasteiger partial charge in [-0.05, 0) is 30.5 Å². The minimum atomic E-state index is -1.17. The lowest BCUT2D eigenvalue weighted by atomic mass is 10.1. The summed E-state index contributed by atoms with van der Waals surface area (Å²) in [5.41, 5.74) is 2.76. The molecule has 2 aromatic carbocycles. The van der Waals surface area contributed by atoms with Crippen molar-refractivity contribution in [2.24, 2.45) is 0 Å². The molecule has 0 aliphatic carbocycles. The van der Waals surface area contributed by atoms with E-state index in [-0.39, 0.29) is 17.9 Å². The fraction of sp³-hybridized carbons (Fsp3) is 0.158. The Morgan fingerprint density at radius 2 is 1.69 bits per heavy atom. The minimum absolute atomic E-state index is 0.0850. The molecule has 0 saturated heterocycles. The number of carbonyl (C=O) groups excluding carboxylic acids is 2. The van der Waals surface area contributed by atoms with Crippen molar-refractivity contribution in [2.75, 3.05) is 5.32 Å². The molecule has 5 nitrogen and oxygen atoms in total. The quantitative estimate of drug-likeness (QED) is 0.651. The van der Waals surface area contributed by atoms with Crippen LogP contribution < -0.4 is 5.32 Å². The van der Waals surface area contributed by atoms with Gasteiger partial charge in [-0.3, -0.25) is 14.5 Å². The molecule has 0 radical (unpaired) electrons. The number of hydrogen-bond acceptors (Lipinski definition) is 4. The monoisotopic (exact) mass is 358 g/mol. The van der Waals surface area contributed by atoms with Crippen molar-refractivity contribution in [3.8, 4) is 5.75 Å². The number of halogens is 2. The number of rotatable bonds is 4. The van der Waals surface area contributed by atoms with Crippen LogP contribution in [0, 0.1) is 25.5 Å². The van der Waals surface area contributed by atoms with Crippen LogP contribution in [0.4, 0.5) is 14.5 Å². The molecule has 3 rings (SSSR count). The molecule has 134 valence electrons. The predicted octanol–water partition coefficient (Wildman–Crippen LogP) is 3.15. The highest BCUT2D eigenvalue weighted by atomic mass is 19.1. The van der Waals surface area contributed by atoms with Gasteiger partial charge in [0.1, 0.15) is 5.70 Å². The Hall–Kier alpha value is -3.22. The Morgan fingerprint density at radius 3 is 2.31 bits per heavy atom. The molecule has 0 atom stereocenters. The molecule has 0 unspecified atom stereocenters. The maximum Gasteiger partial charge on any atom is 0.277 e. The van der Waals surface area contributed by atoms with E-state index >= 15 is 0 Å². The minimum Gasteiger partial charge on any atom is -0.503 e. The molecule has 0 saturated carbocycles. The molecule has 0 bridgehead atoms. The molecule has 7 heteroatoms. The summed E-state index contributed by atoms with van der Waals surface area (Å²) in [6.07, 6.45) is 1.08. The highest BCUT2D eigenvalue weighted by Gasteiger charge is 2.31. The number of phenols is 1. The first-order chi connectivity index (χ1) is 12.3. The normalized spacial score (nSPS) is 14.0. The molecule has 2 aromatic rings. The van der Waals surface area contributed by atoms with E-state index in [1.54, 1.807) is 0 Å². The Labute approximate surface area is 148 Å². The van der Waals surface area contributed by atoms with Crippen molar-refractivity contribution in [1.29, 1.82) is 0 Å². The molecule has 1 aliphatic heterocycles. The second-order valence-corrected chi connectivity index (χ2v) is 6.12. The van der Waals surface area contributed by atoms with Gasteiger partial charge in [0, 0.05) is 23.9 Å². The summed E-state index contributed by atoms with van der Waals surface area (Å²) >= 11 is 0. The molecule has 1 heterocycles. The summed E-state index contributed by atoms with van der Waals surface area (Å²) < 4.78 is 26.8. The van der Waals surface area contributed by atoms with Crippen LogP contribution in [0.3, 0.4) is 0 Å². The molecule has 2 amide bonds. The van der Waals surface area contributed by atoms with E-state index in [1.807, 2.05) is 32.0 Å². The van der Waals surface area contributed by atoms with Crippen LogP contribution in [-0.2, 0) is 16.1 Å². The zero-order chi connectivity index (χ0) is 19.0. The standard InChI is InChI=1S/C19H16F2N2O3/c1-10-3-4-12(5-11(10)2)9-23-17(24)8-16(19(23)26)22-13-6-14(20)18(25)15(21)7-13/h3-8,22,25H,9H2,1-2H3. The van der Waals surface area contributed by atoms with E-state index in [4.69, 9.17) is 5.11 Å². The number of benzene rings is 2. The predicted molar refractivity (Wildman–Crippen MR) is 91.2 cm³/mol. The fourth-order valence-corrected chi connectivity index (χ4v) is 2.63. The summed E-state index contributed by atoms with van der Waals surface area (Å²) in [5.74, 6) is -4.55. The number of imide groups is 1. The van der Waals surface area contributed by atoms with Gasteiger partial charge in [0.25, 0.3) is 11.8 Å². The van der Waals surface area contributed by atoms with E-state index in [2.05, 4.69) is 5.32 Å². The van der Waals surface area contributed by atoms with Gasteiger partial charge in [-0.15, -0.1) is 0 Å². The zero-order valence-corrected chi connectivity index (χ0v) is 14.1. The van der Waals surface area contributed by atoms with Crippen LogP contribution in [-0.4, -0.2) is 21.8 Å². The van der Waals surface area contributed by atoms with Gasteiger partial charge in [-0.1, -0.05) is 18.2 Å². The Kier molecular flexibility index (Phi) is 4.46. The fourth-order valence-electron chi connectivity index (χ4n) is 2.63. The van der Waals surface area contributed by atoms with Crippen molar-refractivity contribution >= 4 is 17.5 Å². The van der Waals surface area contributed by atoms with Gasteiger partial charge < -0.3 is 10.4 Å². The molecule has 1 aliphatic rings. The summed E-state index contributed by atoms with van der Waals surface area (Å²) in [4.78, 5) is 25.6. The highest BCUT2D eigenvalue weighted by molar-refractivity contribution is 6.17. The van der Waals surface area contributed by atoms with Crippen molar-refractivity contribution in [2.45, 2.75) is 20.4 Å². The summed E-state index contributed by atoms with van der Waals surface area (Å²) in [6, 6.07) is 7.31. The number of aryl methyl sites for hydroxylation is 2. The molecule has 2 N–H and O–H groups in total. The van der Waals surface area contributed by atoms with E-state index in [9.17, 15) is 18.4 Å². The second-order valence-electron chi connectivity index (χ2n) is 6.12. The van der Waals surface area contributed by atoms with E-state index < -0.39 is 29.2 Å². The molecular weight excluding hydrogens is 342 g/mol. The number of nitrogens with one attached hydrogen (secondary N) is 1. The van der Waals surface area contributed by atoms with Crippen LogP contribution in [0.15, 0.2) is 42.1 Å². The first kappa shape index (κ1) is 17.6. The van der Waals surface area contributed by atoms with Gasteiger partial charge in [-0.2, -0.15) is 0 Å². The Bertz CT molecular complexity index is 931. The maximum absolute atomic E-state index is 13.4. The van der Waals surface area contributed by atoms with Crippen molar-refractivity contribution in [1.82, 2.24) is 4.90 Å². The average Bonchev–Trinajstić information content (AvgIpc) is 2.83. The lowest BCUT2D eigenvalue weighted by Crippen LogP contribution is -2.31. The smallest absolute Gasteiger partial charge is 0.277 e. The number of carbonyl (C=O) groups is 2. The van der Waals surface area contributed by atoms with Crippen LogP contribution in [0.25, 0.3) is 0 Å². The first-order valence-corrected chi connectivity index (χ1v) is 7.85. The largest absolute Gasteiger partial charge is 0.503 e. The Morgan fingerprint density at radius 1 is 1.04 bits per heavy atom. The van der Waals surface area contributed by atoms with E-state index in [0.717, 1.165) is 39.8 Å². The van der Waals surface area contributed by atoms with Gasteiger partial charge in [0.15, 0.2) is 17.4 Å². The lowest BCUT2D eigenvalue weighted by molar-refractivity contribution is -0.137. The van der Waals surface area contributed by atoms with Gasteiger partial charge in [0.05, 0.1) is 6.54 Å². The second kappa shape index (κ2) is 6.59. The van der Waals surface area contributed by atoms with Gasteiger partial charge in [-0.25, -0.2) is 8.78 Å².